The van der Waals surface area contributed by atoms with Gasteiger partial charge in [0.1, 0.15) is 6.10 Å². The highest BCUT2D eigenvalue weighted by molar-refractivity contribution is 6.05. The Hall–Kier alpha value is -2.51. The number of aromatic nitrogens is 1. The number of nitrogens with two attached hydrogens (primary N) is 1. The van der Waals surface area contributed by atoms with Crippen molar-refractivity contribution >= 4 is 22.7 Å². The first-order valence-electron chi connectivity index (χ1n) is 10.3. The number of nitrogens with zero attached hydrogens (tertiary/aromatic N) is 2. The third-order valence-electron chi connectivity index (χ3n) is 6.02. The number of ether oxygens (including phenoxy) is 1. The molecule has 1 atom stereocenters. The van der Waals surface area contributed by atoms with E-state index in [4.69, 9.17) is 10.5 Å². The summed E-state index contributed by atoms with van der Waals surface area (Å²) in [5, 5.41) is 11.4. The van der Waals surface area contributed by atoms with E-state index < -0.39 is 17.6 Å². The molecule has 2 aliphatic rings. The smallest absolute Gasteiger partial charge is 0.249 e. The number of aliphatic hydroxyl groups is 1. The lowest BCUT2D eigenvalue weighted by Crippen LogP contribution is -2.46. The minimum absolute atomic E-state index is 0.0568. The van der Waals surface area contributed by atoms with E-state index in [1.165, 1.54) is 0 Å². The Morgan fingerprint density at radius 3 is 2.76 bits per heavy atom. The van der Waals surface area contributed by atoms with Crippen LogP contribution in [0.15, 0.2) is 30.3 Å². The first-order valence-corrected chi connectivity index (χ1v) is 10.3. The van der Waals surface area contributed by atoms with E-state index in [9.17, 15) is 14.7 Å². The number of hydrogen-bond acceptors (Lipinski definition) is 5. The Morgan fingerprint density at radius 2 is 2.00 bits per heavy atom. The number of benzene rings is 1. The summed E-state index contributed by atoms with van der Waals surface area (Å²) in [6.45, 7) is 1.22. The van der Waals surface area contributed by atoms with Crippen LogP contribution >= 0.6 is 0 Å². The predicted octanol–water partition coefficient (Wildman–Crippen LogP) is 2.32. The molecule has 1 aromatic heterocycles. The van der Waals surface area contributed by atoms with Crippen LogP contribution in [0.25, 0.3) is 10.9 Å². The third kappa shape index (κ3) is 4.26. The first kappa shape index (κ1) is 19.8. The van der Waals surface area contributed by atoms with Crippen molar-refractivity contribution < 1.29 is 19.4 Å². The molecular weight excluding hydrogens is 370 g/mol. The Kier molecular flexibility index (Phi) is 5.52. The van der Waals surface area contributed by atoms with Gasteiger partial charge in [0.2, 0.25) is 11.8 Å². The van der Waals surface area contributed by atoms with Crippen LogP contribution in [0.1, 0.15) is 60.7 Å². The molecule has 0 unspecified atom stereocenters. The Labute approximate surface area is 169 Å². The van der Waals surface area contributed by atoms with Crippen LogP contribution in [0, 0.1) is 0 Å². The molecule has 2 amide bonds. The van der Waals surface area contributed by atoms with Crippen LogP contribution in [0.3, 0.4) is 0 Å². The number of hydrogen-bond donors (Lipinski definition) is 2. The molecule has 1 aromatic carbocycles. The van der Waals surface area contributed by atoms with Gasteiger partial charge in [-0.15, -0.1) is 0 Å². The van der Waals surface area contributed by atoms with Gasteiger partial charge in [0.15, 0.2) is 0 Å². The zero-order valence-corrected chi connectivity index (χ0v) is 16.5. The summed E-state index contributed by atoms with van der Waals surface area (Å²) in [6, 6.07) is 9.00. The molecule has 1 aliphatic carbocycles. The maximum atomic E-state index is 12.9. The number of amides is 2. The van der Waals surface area contributed by atoms with Gasteiger partial charge in [0.25, 0.3) is 0 Å². The Balaban J connectivity index is 1.54. The maximum Gasteiger partial charge on any atom is 0.249 e. The number of fused-ring (bicyclic) bond motifs is 1. The van der Waals surface area contributed by atoms with Crippen molar-refractivity contribution in [3.05, 3.63) is 41.6 Å². The second kappa shape index (κ2) is 8.08. The number of primary amides is 1. The van der Waals surface area contributed by atoms with Crippen LogP contribution in [-0.4, -0.2) is 52.1 Å². The molecule has 2 fully saturated rings. The summed E-state index contributed by atoms with van der Waals surface area (Å²) in [6.07, 6.45) is 4.13. The van der Waals surface area contributed by atoms with Crippen LogP contribution in [0.2, 0.25) is 0 Å². The lowest BCUT2D eigenvalue weighted by atomic mass is 9.82. The molecular formula is C22H27N3O4. The lowest BCUT2D eigenvalue weighted by molar-refractivity contribution is -0.145. The summed E-state index contributed by atoms with van der Waals surface area (Å²) in [5.41, 5.74) is 6.34. The number of para-hydroxylation sites is 1. The van der Waals surface area contributed by atoms with E-state index in [1.807, 2.05) is 24.3 Å². The van der Waals surface area contributed by atoms with E-state index in [2.05, 4.69) is 4.98 Å². The molecule has 1 saturated carbocycles. The van der Waals surface area contributed by atoms with Crippen molar-refractivity contribution in [1.82, 2.24) is 9.88 Å². The minimum Gasteiger partial charge on any atom is -0.389 e. The number of morpholine rings is 1. The molecule has 0 radical (unpaired) electrons. The topological polar surface area (TPSA) is 106 Å². The fourth-order valence-corrected chi connectivity index (χ4v) is 4.40. The predicted molar refractivity (Wildman–Crippen MR) is 108 cm³/mol. The first-order chi connectivity index (χ1) is 14.0. The standard InChI is InChI=1S/C22H27N3O4/c23-21(27)16-12-18(24-17-7-3-2-6-15(16)17)19-14-25(10-11-29-19)20(26)13-22(28)8-4-1-5-9-22/h2-3,6-7,12,19,28H,1,4-5,8-11,13-14H2,(H2,23,27)/t19-/m0/s1. The third-order valence-corrected chi connectivity index (χ3v) is 6.02. The van der Waals surface area contributed by atoms with Crippen molar-refractivity contribution in [1.29, 1.82) is 0 Å². The highest BCUT2D eigenvalue weighted by Gasteiger charge is 2.35. The summed E-state index contributed by atoms with van der Waals surface area (Å²) in [5.74, 6) is -0.577. The summed E-state index contributed by atoms with van der Waals surface area (Å²) in [4.78, 5) is 31.2. The van der Waals surface area contributed by atoms with Gasteiger partial charge in [-0.25, -0.2) is 4.98 Å². The molecule has 0 spiro atoms. The molecule has 154 valence electrons. The van der Waals surface area contributed by atoms with Crippen LogP contribution in [0.4, 0.5) is 0 Å². The Morgan fingerprint density at radius 1 is 1.24 bits per heavy atom. The SMILES string of the molecule is NC(=O)c1cc([C@@H]2CN(C(=O)CC3(O)CCCCC3)CCO2)nc2ccccc12. The van der Waals surface area contributed by atoms with Crippen molar-refractivity contribution in [2.24, 2.45) is 5.73 Å². The van der Waals surface area contributed by atoms with Gasteiger partial charge in [-0.05, 0) is 25.0 Å². The molecule has 0 bridgehead atoms. The van der Waals surface area contributed by atoms with Gasteiger partial charge in [0, 0.05) is 11.9 Å². The van der Waals surface area contributed by atoms with E-state index >= 15 is 0 Å². The zero-order chi connectivity index (χ0) is 20.4. The molecule has 2 heterocycles. The number of carbonyl (C=O) groups is 2. The molecule has 29 heavy (non-hydrogen) atoms. The highest BCUT2D eigenvalue weighted by Crippen LogP contribution is 2.32. The van der Waals surface area contributed by atoms with Crippen molar-refractivity contribution in [2.45, 2.75) is 50.2 Å². The van der Waals surface area contributed by atoms with Gasteiger partial charge in [0.05, 0.1) is 41.9 Å². The zero-order valence-electron chi connectivity index (χ0n) is 16.5. The van der Waals surface area contributed by atoms with Crippen molar-refractivity contribution in [3.63, 3.8) is 0 Å². The van der Waals surface area contributed by atoms with Gasteiger partial charge in [-0.1, -0.05) is 37.5 Å². The average Bonchev–Trinajstić information content (AvgIpc) is 2.73. The fourth-order valence-electron chi connectivity index (χ4n) is 4.40. The fraction of sp³-hybridized carbons (Fsp3) is 0.500. The Bertz CT molecular complexity index is 923. The summed E-state index contributed by atoms with van der Waals surface area (Å²) < 4.78 is 5.87. The lowest BCUT2D eigenvalue weighted by Gasteiger charge is -2.37. The molecule has 7 heteroatoms. The molecule has 1 saturated heterocycles. The quantitative estimate of drug-likeness (QED) is 0.824. The van der Waals surface area contributed by atoms with E-state index in [0.717, 1.165) is 19.3 Å². The maximum absolute atomic E-state index is 12.9. The molecule has 1 aliphatic heterocycles. The van der Waals surface area contributed by atoms with Gasteiger partial charge in [-0.3, -0.25) is 9.59 Å². The highest BCUT2D eigenvalue weighted by atomic mass is 16.5. The second-order valence-electron chi connectivity index (χ2n) is 8.14. The largest absolute Gasteiger partial charge is 0.389 e. The average molecular weight is 397 g/mol. The van der Waals surface area contributed by atoms with Crippen molar-refractivity contribution in [3.8, 4) is 0 Å². The molecule has 2 aromatic rings. The van der Waals surface area contributed by atoms with E-state index in [-0.39, 0.29) is 12.3 Å². The minimum atomic E-state index is -0.885. The normalized spacial score (nSPS) is 21.8. The monoisotopic (exact) mass is 397 g/mol. The van der Waals surface area contributed by atoms with Gasteiger partial charge >= 0.3 is 0 Å². The summed E-state index contributed by atoms with van der Waals surface area (Å²) >= 11 is 0. The van der Waals surface area contributed by atoms with Crippen molar-refractivity contribution in [2.75, 3.05) is 19.7 Å². The summed E-state index contributed by atoms with van der Waals surface area (Å²) in [7, 11) is 0. The number of rotatable bonds is 4. The molecule has 7 nitrogen and oxygen atoms in total. The van der Waals surface area contributed by atoms with E-state index in [1.54, 1.807) is 11.0 Å². The van der Waals surface area contributed by atoms with Gasteiger partial charge < -0.3 is 20.5 Å². The second-order valence-corrected chi connectivity index (χ2v) is 8.14. The number of carbonyl (C=O) groups excluding carboxylic acids is 2. The molecule has 3 N–H and O–H groups in total. The van der Waals surface area contributed by atoms with E-state index in [0.29, 0.717) is 54.7 Å². The van der Waals surface area contributed by atoms with Crippen LogP contribution < -0.4 is 5.73 Å². The van der Waals surface area contributed by atoms with Crippen LogP contribution in [-0.2, 0) is 9.53 Å². The molecule has 4 rings (SSSR count). The van der Waals surface area contributed by atoms with Crippen LogP contribution in [0.5, 0.6) is 0 Å². The van der Waals surface area contributed by atoms with Gasteiger partial charge in [-0.2, -0.15) is 0 Å². The number of pyridine rings is 1.